The van der Waals surface area contributed by atoms with Gasteiger partial charge in [0.05, 0.1) is 17.6 Å². The molecule has 28 heavy (non-hydrogen) atoms. The highest BCUT2D eigenvalue weighted by atomic mass is 32.2. The van der Waals surface area contributed by atoms with Crippen molar-refractivity contribution in [1.29, 1.82) is 0 Å². The van der Waals surface area contributed by atoms with Gasteiger partial charge in [0.2, 0.25) is 0 Å². The zero-order valence-corrected chi connectivity index (χ0v) is 17.0. The Morgan fingerprint density at radius 3 is 2.50 bits per heavy atom. The number of anilines is 1. The molecule has 0 fully saturated rings. The average molecular weight is 400 g/mol. The summed E-state index contributed by atoms with van der Waals surface area (Å²) in [5.74, 6) is 0.173. The van der Waals surface area contributed by atoms with Crippen molar-refractivity contribution in [3.05, 3.63) is 65.1 Å². The van der Waals surface area contributed by atoms with Gasteiger partial charge < -0.3 is 0 Å². The van der Waals surface area contributed by atoms with E-state index in [0.717, 1.165) is 11.3 Å². The highest BCUT2D eigenvalue weighted by Crippen LogP contribution is 2.42. The van der Waals surface area contributed by atoms with E-state index < -0.39 is 10.0 Å². The average Bonchev–Trinajstić information content (AvgIpc) is 3.19. The van der Waals surface area contributed by atoms with E-state index in [2.05, 4.69) is 9.97 Å². The third-order valence-electron chi connectivity index (χ3n) is 5.11. The first-order chi connectivity index (χ1) is 13.2. The summed E-state index contributed by atoms with van der Waals surface area (Å²) in [5, 5.41) is 0. The van der Waals surface area contributed by atoms with Crippen molar-refractivity contribution in [3.8, 4) is 5.82 Å². The van der Waals surface area contributed by atoms with Gasteiger partial charge in [-0.3, -0.25) is 8.87 Å². The highest BCUT2D eigenvalue weighted by Gasteiger charge is 2.37. The van der Waals surface area contributed by atoms with Crippen LogP contribution in [-0.4, -0.2) is 29.5 Å². The van der Waals surface area contributed by atoms with Gasteiger partial charge in [0.25, 0.3) is 10.0 Å². The number of sulfonamides is 1. The molecule has 1 aromatic carbocycles. The molecule has 1 aliphatic heterocycles. The van der Waals surface area contributed by atoms with Gasteiger partial charge in [-0.1, -0.05) is 6.92 Å². The molecule has 0 bridgehead atoms. The zero-order valence-electron chi connectivity index (χ0n) is 16.1. The molecular formula is C20H21FN4O2S. The largest absolute Gasteiger partial charge is 0.290 e. The van der Waals surface area contributed by atoms with Gasteiger partial charge in [0, 0.05) is 18.7 Å². The number of rotatable bonds is 3. The van der Waals surface area contributed by atoms with Crippen LogP contribution in [0.4, 0.5) is 10.1 Å². The van der Waals surface area contributed by atoms with Gasteiger partial charge in [0.15, 0.2) is 0 Å². The number of aromatic nitrogens is 3. The minimum Gasteiger partial charge on any atom is -0.290 e. The number of halogens is 1. The van der Waals surface area contributed by atoms with Gasteiger partial charge in [0.1, 0.15) is 22.9 Å². The summed E-state index contributed by atoms with van der Waals surface area (Å²) >= 11 is 0. The van der Waals surface area contributed by atoms with Crippen LogP contribution < -0.4 is 4.31 Å². The maximum atomic E-state index is 13.8. The molecule has 6 nitrogen and oxygen atoms in total. The Morgan fingerprint density at radius 1 is 1.11 bits per heavy atom. The first-order valence-corrected chi connectivity index (χ1v) is 10.4. The van der Waals surface area contributed by atoms with Gasteiger partial charge in [-0.25, -0.2) is 22.8 Å². The molecule has 0 saturated heterocycles. The fourth-order valence-electron chi connectivity index (χ4n) is 3.74. The van der Waals surface area contributed by atoms with E-state index in [1.54, 1.807) is 30.8 Å². The van der Waals surface area contributed by atoms with Crippen LogP contribution in [0.5, 0.6) is 0 Å². The Morgan fingerprint density at radius 2 is 1.86 bits per heavy atom. The molecule has 0 saturated carbocycles. The molecule has 0 radical (unpaired) electrons. The molecule has 3 heterocycles. The van der Waals surface area contributed by atoms with E-state index >= 15 is 0 Å². The number of benzene rings is 1. The molecule has 1 atom stereocenters. The number of imidazole rings is 1. The van der Waals surface area contributed by atoms with Gasteiger partial charge in [-0.15, -0.1) is 0 Å². The third-order valence-corrected chi connectivity index (χ3v) is 7.00. The molecule has 0 amide bonds. The van der Waals surface area contributed by atoms with E-state index in [1.165, 1.54) is 22.6 Å². The van der Waals surface area contributed by atoms with Crippen molar-refractivity contribution in [3.63, 3.8) is 0 Å². The van der Waals surface area contributed by atoms with Crippen LogP contribution in [0.3, 0.4) is 0 Å². The van der Waals surface area contributed by atoms with Crippen molar-refractivity contribution < 1.29 is 12.8 Å². The van der Waals surface area contributed by atoms with Crippen LogP contribution in [-0.2, 0) is 10.0 Å². The van der Waals surface area contributed by atoms with Crippen LogP contribution in [0.15, 0.2) is 41.8 Å². The lowest BCUT2D eigenvalue weighted by molar-refractivity contribution is 0.589. The molecule has 3 aromatic rings. The summed E-state index contributed by atoms with van der Waals surface area (Å²) in [6.07, 6.45) is 4.85. The maximum absolute atomic E-state index is 13.8. The summed E-state index contributed by atoms with van der Waals surface area (Å²) in [5.41, 5.74) is 3.34. The second-order valence-corrected chi connectivity index (χ2v) is 9.16. The Labute approximate surface area is 163 Å². The molecule has 8 heteroatoms. The summed E-state index contributed by atoms with van der Waals surface area (Å²) in [6, 6.07) is 4.53. The summed E-state index contributed by atoms with van der Waals surface area (Å²) < 4.78 is 43.8. The maximum Gasteiger partial charge on any atom is 0.266 e. The Balaban J connectivity index is 1.78. The first kappa shape index (κ1) is 18.6. The second kappa shape index (κ2) is 6.41. The van der Waals surface area contributed by atoms with Crippen LogP contribution in [0, 0.1) is 26.6 Å². The SMILES string of the molecule is Cc1cn(-c2cc(C)c(S(=O)(=O)N3C[C@@H](C)c4cc(F)cc(C)c43)cn2)cn1. The number of nitrogens with zero attached hydrogens (tertiary/aromatic N) is 4. The fraction of sp³-hybridized carbons (Fsp3) is 0.300. The smallest absolute Gasteiger partial charge is 0.266 e. The lowest BCUT2D eigenvalue weighted by Crippen LogP contribution is -2.31. The first-order valence-electron chi connectivity index (χ1n) is 8.99. The fourth-order valence-corrected chi connectivity index (χ4v) is 5.54. The normalized spacial score (nSPS) is 16.5. The standard InChI is InChI=1S/C20H21FN4O2S/c1-12-6-19(24-10-15(4)23-11-24)22-8-18(12)28(26,27)25-9-14(3)17-7-16(21)5-13(2)20(17)25/h5-8,10-11,14H,9H2,1-4H3/t14-/m1/s1. The Hall–Kier alpha value is -2.74. The number of fused-ring (bicyclic) bond motifs is 1. The zero-order chi connectivity index (χ0) is 20.2. The van der Waals surface area contributed by atoms with Crippen molar-refractivity contribution in [2.75, 3.05) is 10.8 Å². The van der Waals surface area contributed by atoms with Gasteiger partial charge in [-0.2, -0.15) is 0 Å². The van der Waals surface area contributed by atoms with Crippen molar-refractivity contribution in [2.45, 2.75) is 38.5 Å². The van der Waals surface area contributed by atoms with Crippen LogP contribution >= 0.6 is 0 Å². The quantitative estimate of drug-likeness (QED) is 0.673. The van der Waals surface area contributed by atoms with E-state index in [9.17, 15) is 12.8 Å². The minimum absolute atomic E-state index is 0.0827. The number of hydrogen-bond donors (Lipinski definition) is 0. The monoisotopic (exact) mass is 400 g/mol. The van der Waals surface area contributed by atoms with E-state index in [1.807, 2.05) is 20.0 Å². The molecule has 146 valence electrons. The lowest BCUT2D eigenvalue weighted by Gasteiger charge is -2.22. The summed E-state index contributed by atoms with van der Waals surface area (Å²) in [6.45, 7) is 7.55. The molecule has 0 aliphatic carbocycles. The molecule has 1 aliphatic rings. The topological polar surface area (TPSA) is 68.1 Å². The van der Waals surface area contributed by atoms with E-state index in [0.29, 0.717) is 22.6 Å². The Kier molecular flexibility index (Phi) is 4.26. The molecule has 2 aromatic heterocycles. The molecule has 0 N–H and O–H groups in total. The van der Waals surface area contributed by atoms with E-state index in [4.69, 9.17) is 0 Å². The summed E-state index contributed by atoms with van der Waals surface area (Å²) in [7, 11) is -3.82. The lowest BCUT2D eigenvalue weighted by atomic mass is 10.0. The number of aryl methyl sites for hydroxylation is 3. The number of hydrogen-bond acceptors (Lipinski definition) is 4. The molecule has 4 rings (SSSR count). The molecule has 0 spiro atoms. The Bertz CT molecular complexity index is 1190. The van der Waals surface area contributed by atoms with Crippen molar-refractivity contribution in [1.82, 2.24) is 14.5 Å². The molecular weight excluding hydrogens is 379 g/mol. The molecule has 0 unspecified atom stereocenters. The van der Waals surface area contributed by atoms with Crippen molar-refractivity contribution in [2.24, 2.45) is 0 Å². The van der Waals surface area contributed by atoms with Crippen LogP contribution in [0.25, 0.3) is 5.82 Å². The van der Waals surface area contributed by atoms with Crippen molar-refractivity contribution >= 4 is 15.7 Å². The second-order valence-electron chi connectivity index (χ2n) is 7.33. The third kappa shape index (κ3) is 2.88. The van der Waals surface area contributed by atoms with Crippen LogP contribution in [0.2, 0.25) is 0 Å². The predicted octanol–water partition coefficient (Wildman–Crippen LogP) is 3.64. The highest BCUT2D eigenvalue weighted by molar-refractivity contribution is 7.93. The summed E-state index contributed by atoms with van der Waals surface area (Å²) in [4.78, 5) is 8.65. The minimum atomic E-state index is -3.82. The van der Waals surface area contributed by atoms with E-state index in [-0.39, 0.29) is 23.2 Å². The van der Waals surface area contributed by atoms with Gasteiger partial charge >= 0.3 is 0 Å². The van der Waals surface area contributed by atoms with Crippen LogP contribution in [0.1, 0.15) is 35.2 Å². The van der Waals surface area contributed by atoms with Gasteiger partial charge in [-0.05, 0) is 55.7 Å². The number of pyridine rings is 1. The predicted molar refractivity (Wildman–Crippen MR) is 105 cm³/mol.